The molecule has 0 amide bonds. The molecular formula is C15H17O10Ta. The number of carboxylic acids is 5. The van der Waals surface area contributed by atoms with E-state index >= 15 is 0 Å². The molecule has 10 nitrogen and oxygen atoms in total. The van der Waals surface area contributed by atoms with Crippen LogP contribution < -0.4 is 20.4 Å². The van der Waals surface area contributed by atoms with Crippen molar-refractivity contribution in [2.45, 2.75) is 11.1 Å². The Morgan fingerprint density at radius 3 is 0.846 bits per heavy atom. The van der Waals surface area contributed by atoms with E-state index in [0.29, 0.717) is 6.42 Å². The number of carboxylic acid groups (broad SMARTS) is 5. The van der Waals surface area contributed by atoms with Gasteiger partial charge in [0.15, 0.2) is 0 Å². The molecule has 0 rings (SSSR count). The molecule has 0 aliphatic heterocycles. The van der Waals surface area contributed by atoms with Crippen LogP contribution in [-0.4, -0.2) is 35.0 Å². The second-order valence-corrected chi connectivity index (χ2v) is 4.57. The number of rotatable bonds is 6. The Balaban J connectivity index is -0.0000000708. The number of carbonyl (C=O) groups is 5. The first kappa shape index (κ1) is 34.4. The van der Waals surface area contributed by atoms with Gasteiger partial charge in [-0.1, -0.05) is 26.3 Å². The topological polar surface area (TPSA) is 198 Å². The summed E-state index contributed by atoms with van der Waals surface area (Å²) in [6, 6.07) is 0. The maximum atomic E-state index is 9.62. The summed E-state index contributed by atoms with van der Waals surface area (Å²) in [4.78, 5) is 46.2. The van der Waals surface area contributed by atoms with Gasteiger partial charge < -0.3 is 39.6 Å². The van der Waals surface area contributed by atoms with Crippen molar-refractivity contribution in [3.8, 4) is 0 Å². The zero-order valence-corrected chi connectivity index (χ0v) is 16.8. The van der Waals surface area contributed by atoms with Crippen molar-refractivity contribution >= 4 is 29.8 Å². The van der Waals surface area contributed by atoms with Crippen LogP contribution in [-0.2, 0) is 45.0 Å². The van der Waals surface area contributed by atoms with Crippen LogP contribution in [0.5, 0.6) is 0 Å². The number of hydrogen-bond acceptors (Lipinski definition) is 9. The monoisotopic (exact) mass is 538 g/mol. The van der Waals surface area contributed by atoms with Crippen LogP contribution in [0.15, 0.2) is 50.6 Å². The van der Waals surface area contributed by atoms with E-state index in [-0.39, 0.29) is 0 Å². The fraction of sp³-hybridized carbons (Fsp3) is 0.133. The van der Waals surface area contributed by atoms with Crippen LogP contribution in [0.25, 0.3) is 0 Å². The predicted molar refractivity (Wildman–Crippen MR) is 77.9 cm³/mol. The molecule has 1 N–H and O–H groups in total. The molecule has 0 aliphatic rings. The molecule has 0 radical (unpaired) electrons. The van der Waals surface area contributed by atoms with Gasteiger partial charge in [0, 0.05) is 0 Å². The van der Waals surface area contributed by atoms with Gasteiger partial charge in [-0.3, -0.25) is 0 Å². The van der Waals surface area contributed by atoms with Crippen LogP contribution in [0.3, 0.4) is 0 Å². The third-order valence-corrected chi connectivity index (χ3v) is 1.80. The first-order chi connectivity index (χ1) is 11.9. The van der Waals surface area contributed by atoms with Gasteiger partial charge in [0.25, 0.3) is 0 Å². The fourth-order valence-corrected chi connectivity index (χ4v) is 0.783. The molecule has 0 saturated heterocycles. The summed E-state index contributed by atoms with van der Waals surface area (Å²) in [7, 11) is 0. The zero-order chi connectivity index (χ0) is 22.1. The van der Waals surface area contributed by atoms with E-state index in [1.807, 2.05) is 0 Å². The summed E-state index contributed by atoms with van der Waals surface area (Å²) in [5, 5.41) is 44.5. The first-order valence-corrected chi connectivity index (χ1v) is 8.29. The fourth-order valence-electron chi connectivity index (χ4n) is 0.0956. The van der Waals surface area contributed by atoms with Crippen molar-refractivity contribution < 1.29 is 70.6 Å². The van der Waals surface area contributed by atoms with Gasteiger partial charge in [0.05, 0.1) is 23.9 Å². The molecule has 0 aliphatic carbocycles. The molecule has 0 bridgehead atoms. The molecule has 26 heavy (non-hydrogen) atoms. The Morgan fingerprint density at radius 2 is 0.846 bits per heavy atom. The van der Waals surface area contributed by atoms with Crippen molar-refractivity contribution in [1.82, 2.24) is 0 Å². The van der Waals surface area contributed by atoms with Crippen LogP contribution in [0.1, 0.15) is 6.42 Å². The quantitative estimate of drug-likeness (QED) is 0.327. The van der Waals surface area contributed by atoms with Gasteiger partial charge >= 0.3 is 48.0 Å². The SMILES string of the molecule is C=CC(=O)[O-].C=CC(=O)[O-].C=CC(=O)[O-].C=CC(=O)[O-].O=C(O)C[CH2][Ta+4]. The number of hydrogen-bond donors (Lipinski definition) is 1. The van der Waals surface area contributed by atoms with Crippen molar-refractivity contribution in [3.05, 3.63) is 50.6 Å². The average molecular weight is 538 g/mol. The summed E-state index contributed by atoms with van der Waals surface area (Å²) in [6.07, 6.45) is 3.23. The second-order valence-electron chi connectivity index (χ2n) is 2.96. The van der Waals surface area contributed by atoms with Crippen molar-refractivity contribution in [1.29, 1.82) is 0 Å². The van der Waals surface area contributed by atoms with Crippen molar-refractivity contribution in [2.24, 2.45) is 0 Å². The summed E-state index contributed by atoms with van der Waals surface area (Å²) < 4.78 is 0.843. The van der Waals surface area contributed by atoms with Crippen LogP contribution in [0.4, 0.5) is 0 Å². The third-order valence-electron chi connectivity index (χ3n) is 0.992. The van der Waals surface area contributed by atoms with Crippen molar-refractivity contribution in [3.63, 3.8) is 0 Å². The molecule has 0 aromatic heterocycles. The van der Waals surface area contributed by atoms with E-state index in [0.717, 1.165) is 28.9 Å². The molecule has 0 saturated carbocycles. The Kier molecular flexibility index (Phi) is 39.7. The first-order valence-electron chi connectivity index (χ1n) is 6.02. The molecule has 0 fully saturated rings. The normalized spacial score (nSPS) is 6.85. The Bertz CT molecular complexity index is 411. The van der Waals surface area contributed by atoms with Crippen LogP contribution in [0.2, 0.25) is 4.64 Å². The average Bonchev–Trinajstić information content (AvgIpc) is 2.56. The van der Waals surface area contributed by atoms with Crippen LogP contribution >= 0.6 is 0 Å². The maximum absolute atomic E-state index is 9.62. The van der Waals surface area contributed by atoms with Gasteiger partial charge in [-0.2, -0.15) is 0 Å². The Labute approximate surface area is 162 Å². The Morgan fingerprint density at radius 1 is 0.692 bits per heavy atom. The van der Waals surface area contributed by atoms with E-state index in [4.69, 9.17) is 44.7 Å². The van der Waals surface area contributed by atoms with Gasteiger partial charge in [0.1, 0.15) is 0 Å². The molecule has 0 aromatic carbocycles. The third kappa shape index (κ3) is 131. The molecular weight excluding hydrogens is 521 g/mol. The standard InChI is InChI=1S/C3H5O2.4C3H4O2.Ta/c5*1-2-3(4)5;/h1-2H2,(H,4,5);4*2H,1H2,(H,4,5);/q;;;;;+4/p-4. The number of aliphatic carboxylic acids is 5. The summed E-state index contributed by atoms with van der Waals surface area (Å²) in [5.74, 6) is -5.61. The minimum atomic E-state index is -1.23. The Hall–Kier alpha value is -2.95. The predicted octanol–water partition coefficient (Wildman–Crippen LogP) is -3.88. The van der Waals surface area contributed by atoms with E-state index in [1.165, 1.54) is 21.1 Å². The molecule has 0 aromatic rings. The molecule has 11 heteroatoms. The second kappa shape index (κ2) is 30.0. The molecule has 0 unspecified atom stereocenters. The summed E-state index contributed by atoms with van der Waals surface area (Å²) >= 11 is 1.17. The van der Waals surface area contributed by atoms with E-state index in [9.17, 15) is 4.79 Å². The van der Waals surface area contributed by atoms with Gasteiger partial charge in [-0.15, -0.1) is 0 Å². The zero-order valence-electron chi connectivity index (χ0n) is 13.6. The van der Waals surface area contributed by atoms with Gasteiger partial charge in [0.2, 0.25) is 0 Å². The molecule has 0 atom stereocenters. The summed E-state index contributed by atoms with van der Waals surface area (Å²) in [6.45, 7) is 11.6. The van der Waals surface area contributed by atoms with Crippen LogP contribution in [0, 0.1) is 0 Å². The number of carbonyl (C=O) groups excluding carboxylic acids is 4. The molecule has 142 valence electrons. The van der Waals surface area contributed by atoms with Crippen molar-refractivity contribution in [2.75, 3.05) is 0 Å². The molecule has 0 spiro atoms. The van der Waals surface area contributed by atoms with E-state index in [2.05, 4.69) is 26.3 Å². The van der Waals surface area contributed by atoms with Gasteiger partial charge in [-0.05, 0) is 24.3 Å². The summed E-state index contributed by atoms with van der Waals surface area (Å²) in [5.41, 5.74) is 0. The van der Waals surface area contributed by atoms with E-state index < -0.39 is 29.8 Å². The minimum absolute atomic E-state index is 0.341. The van der Waals surface area contributed by atoms with E-state index in [1.54, 1.807) is 0 Å². The van der Waals surface area contributed by atoms with Gasteiger partial charge in [-0.25, -0.2) is 0 Å². The molecule has 0 heterocycles.